The van der Waals surface area contributed by atoms with Gasteiger partial charge in [0, 0.05) is 5.75 Å². The second-order valence-corrected chi connectivity index (χ2v) is 4.56. The molecule has 0 radical (unpaired) electrons. The fourth-order valence-electron chi connectivity index (χ4n) is 1.21. The standard InChI is InChI=1S/C11H16OS/c1-11(2,12)10-6-4-5-9(7-10)8-13-3/h4-7,12H,8H2,1-3H3. The lowest BCUT2D eigenvalue weighted by Crippen LogP contribution is -2.15. The molecule has 1 N–H and O–H groups in total. The van der Waals surface area contributed by atoms with E-state index in [0.717, 1.165) is 11.3 Å². The molecule has 0 saturated carbocycles. The van der Waals surface area contributed by atoms with E-state index in [-0.39, 0.29) is 0 Å². The molecule has 72 valence electrons. The maximum absolute atomic E-state index is 9.77. The number of aliphatic hydroxyl groups is 1. The van der Waals surface area contributed by atoms with Gasteiger partial charge in [-0.1, -0.05) is 24.3 Å². The van der Waals surface area contributed by atoms with Gasteiger partial charge in [0.1, 0.15) is 0 Å². The first-order valence-electron chi connectivity index (χ1n) is 4.35. The molecule has 0 aliphatic rings. The number of rotatable bonds is 3. The van der Waals surface area contributed by atoms with Crippen LogP contribution in [-0.4, -0.2) is 11.4 Å². The highest BCUT2D eigenvalue weighted by Gasteiger charge is 2.15. The molecule has 1 nitrogen and oxygen atoms in total. The zero-order valence-corrected chi connectivity index (χ0v) is 9.19. The predicted molar refractivity (Wildman–Crippen MR) is 58.9 cm³/mol. The highest BCUT2D eigenvalue weighted by molar-refractivity contribution is 7.97. The molecule has 0 atom stereocenters. The van der Waals surface area contributed by atoms with E-state index in [1.807, 2.05) is 26.0 Å². The smallest absolute Gasteiger partial charge is 0.0840 e. The van der Waals surface area contributed by atoms with E-state index in [2.05, 4.69) is 18.4 Å². The van der Waals surface area contributed by atoms with Crippen LogP contribution in [-0.2, 0) is 11.4 Å². The minimum Gasteiger partial charge on any atom is -0.386 e. The Bertz CT molecular complexity index is 276. The summed E-state index contributed by atoms with van der Waals surface area (Å²) in [6.45, 7) is 3.62. The third kappa shape index (κ3) is 3.05. The third-order valence-corrected chi connectivity index (χ3v) is 2.57. The Morgan fingerprint density at radius 2 is 2.08 bits per heavy atom. The normalized spacial score (nSPS) is 11.7. The Labute approximate surface area is 84.2 Å². The summed E-state index contributed by atoms with van der Waals surface area (Å²) in [4.78, 5) is 0. The monoisotopic (exact) mass is 196 g/mol. The van der Waals surface area contributed by atoms with Crippen LogP contribution in [0.2, 0.25) is 0 Å². The molecule has 13 heavy (non-hydrogen) atoms. The minimum absolute atomic E-state index is 0.728. The van der Waals surface area contributed by atoms with E-state index in [1.165, 1.54) is 5.56 Å². The van der Waals surface area contributed by atoms with Crippen molar-refractivity contribution in [3.63, 3.8) is 0 Å². The van der Waals surface area contributed by atoms with Crippen LogP contribution in [0.4, 0.5) is 0 Å². The van der Waals surface area contributed by atoms with Crippen LogP contribution in [0, 0.1) is 0 Å². The second-order valence-electron chi connectivity index (χ2n) is 3.69. The van der Waals surface area contributed by atoms with Crippen LogP contribution in [0.1, 0.15) is 25.0 Å². The quantitative estimate of drug-likeness (QED) is 0.802. The van der Waals surface area contributed by atoms with Crippen LogP contribution < -0.4 is 0 Å². The lowest BCUT2D eigenvalue weighted by atomic mass is 9.97. The van der Waals surface area contributed by atoms with Crippen molar-refractivity contribution >= 4 is 11.8 Å². The van der Waals surface area contributed by atoms with Gasteiger partial charge in [-0.3, -0.25) is 0 Å². The molecular weight excluding hydrogens is 180 g/mol. The van der Waals surface area contributed by atoms with Crippen molar-refractivity contribution in [3.8, 4) is 0 Å². The first kappa shape index (κ1) is 10.6. The van der Waals surface area contributed by atoms with Crippen molar-refractivity contribution in [3.05, 3.63) is 35.4 Å². The molecular formula is C11H16OS. The molecule has 0 amide bonds. The number of hydrogen-bond donors (Lipinski definition) is 1. The Morgan fingerprint density at radius 1 is 1.38 bits per heavy atom. The number of benzene rings is 1. The fourth-order valence-corrected chi connectivity index (χ4v) is 1.72. The largest absolute Gasteiger partial charge is 0.386 e. The van der Waals surface area contributed by atoms with Gasteiger partial charge >= 0.3 is 0 Å². The van der Waals surface area contributed by atoms with Crippen molar-refractivity contribution in [2.24, 2.45) is 0 Å². The van der Waals surface area contributed by atoms with Crippen LogP contribution in [0.5, 0.6) is 0 Å². The topological polar surface area (TPSA) is 20.2 Å². The summed E-state index contributed by atoms with van der Waals surface area (Å²) < 4.78 is 0. The third-order valence-electron chi connectivity index (χ3n) is 1.94. The van der Waals surface area contributed by atoms with Crippen LogP contribution in [0.15, 0.2) is 24.3 Å². The molecule has 0 unspecified atom stereocenters. The van der Waals surface area contributed by atoms with Gasteiger partial charge < -0.3 is 5.11 Å². The summed E-state index contributed by atoms with van der Waals surface area (Å²) in [7, 11) is 0. The highest BCUT2D eigenvalue weighted by Crippen LogP contribution is 2.21. The summed E-state index contributed by atoms with van der Waals surface area (Å²) in [5.41, 5.74) is 1.53. The van der Waals surface area contributed by atoms with Crippen LogP contribution in [0.25, 0.3) is 0 Å². The first-order chi connectivity index (χ1) is 6.04. The van der Waals surface area contributed by atoms with Gasteiger partial charge in [0.25, 0.3) is 0 Å². The molecule has 0 saturated heterocycles. The maximum atomic E-state index is 9.77. The lowest BCUT2D eigenvalue weighted by molar-refractivity contribution is 0.0785. The molecule has 0 aliphatic carbocycles. The van der Waals surface area contributed by atoms with E-state index < -0.39 is 5.60 Å². The molecule has 0 spiro atoms. The van der Waals surface area contributed by atoms with E-state index in [0.29, 0.717) is 0 Å². The van der Waals surface area contributed by atoms with Gasteiger partial charge in [-0.05, 0) is 31.2 Å². The van der Waals surface area contributed by atoms with Gasteiger partial charge in [0.05, 0.1) is 5.60 Å². The highest BCUT2D eigenvalue weighted by atomic mass is 32.2. The van der Waals surface area contributed by atoms with Crippen molar-refractivity contribution in [2.75, 3.05) is 6.26 Å². The van der Waals surface area contributed by atoms with Crippen LogP contribution in [0.3, 0.4) is 0 Å². The van der Waals surface area contributed by atoms with E-state index >= 15 is 0 Å². The molecule has 1 rings (SSSR count). The van der Waals surface area contributed by atoms with E-state index in [1.54, 1.807) is 11.8 Å². The molecule has 0 bridgehead atoms. The Hall–Kier alpha value is -0.470. The Morgan fingerprint density at radius 3 is 2.62 bits per heavy atom. The Balaban J connectivity index is 2.92. The average Bonchev–Trinajstić information content (AvgIpc) is 2.04. The zero-order chi connectivity index (χ0) is 9.90. The van der Waals surface area contributed by atoms with Gasteiger partial charge in [-0.2, -0.15) is 11.8 Å². The molecule has 0 heterocycles. The van der Waals surface area contributed by atoms with Gasteiger partial charge in [0.2, 0.25) is 0 Å². The lowest BCUT2D eigenvalue weighted by Gasteiger charge is -2.18. The van der Waals surface area contributed by atoms with E-state index in [4.69, 9.17) is 0 Å². The van der Waals surface area contributed by atoms with Gasteiger partial charge in [-0.15, -0.1) is 0 Å². The Kier molecular flexibility index (Phi) is 3.40. The summed E-state index contributed by atoms with van der Waals surface area (Å²) >= 11 is 1.79. The first-order valence-corrected chi connectivity index (χ1v) is 5.74. The van der Waals surface area contributed by atoms with Crippen molar-refractivity contribution in [1.82, 2.24) is 0 Å². The molecule has 1 aromatic carbocycles. The minimum atomic E-state index is -0.728. The van der Waals surface area contributed by atoms with Gasteiger partial charge in [-0.25, -0.2) is 0 Å². The molecule has 0 aromatic heterocycles. The number of thioether (sulfide) groups is 1. The van der Waals surface area contributed by atoms with Gasteiger partial charge in [0.15, 0.2) is 0 Å². The van der Waals surface area contributed by atoms with Crippen molar-refractivity contribution in [2.45, 2.75) is 25.2 Å². The number of hydrogen-bond acceptors (Lipinski definition) is 2. The second kappa shape index (κ2) is 4.16. The summed E-state index contributed by atoms with van der Waals surface area (Å²) in [6.07, 6.45) is 2.08. The molecule has 2 heteroatoms. The average molecular weight is 196 g/mol. The van der Waals surface area contributed by atoms with Crippen molar-refractivity contribution in [1.29, 1.82) is 0 Å². The molecule has 0 aliphatic heterocycles. The summed E-state index contributed by atoms with van der Waals surface area (Å²) in [6, 6.07) is 8.12. The molecule has 1 aromatic rings. The SMILES string of the molecule is CSCc1cccc(C(C)(C)O)c1. The maximum Gasteiger partial charge on any atom is 0.0840 e. The van der Waals surface area contributed by atoms with Crippen molar-refractivity contribution < 1.29 is 5.11 Å². The zero-order valence-electron chi connectivity index (χ0n) is 8.37. The summed E-state index contributed by atoms with van der Waals surface area (Å²) in [5, 5.41) is 9.77. The summed E-state index contributed by atoms with van der Waals surface area (Å²) in [5.74, 6) is 1.00. The predicted octanol–water partition coefficient (Wildman–Crippen LogP) is 2.78. The molecule has 0 fully saturated rings. The fraction of sp³-hybridized carbons (Fsp3) is 0.455. The van der Waals surface area contributed by atoms with Crippen LogP contribution >= 0.6 is 11.8 Å². The van der Waals surface area contributed by atoms with E-state index in [9.17, 15) is 5.11 Å².